The van der Waals surface area contributed by atoms with Crippen LogP contribution in [0, 0.1) is 0 Å². The lowest BCUT2D eigenvalue weighted by molar-refractivity contribution is 0.323. The SMILES string of the molecule is NCc1nn(C2CCCCC2)c2c1CS(=O)(=O)C2. The lowest BCUT2D eigenvalue weighted by Crippen LogP contribution is -2.17. The van der Waals surface area contributed by atoms with Gasteiger partial charge in [-0.2, -0.15) is 5.10 Å². The molecule has 1 saturated carbocycles. The first-order chi connectivity index (χ1) is 8.61. The van der Waals surface area contributed by atoms with Gasteiger partial charge in [-0.3, -0.25) is 4.68 Å². The Balaban J connectivity index is 2.01. The quantitative estimate of drug-likeness (QED) is 0.877. The maximum atomic E-state index is 11.8. The molecule has 1 fully saturated rings. The second kappa shape index (κ2) is 4.35. The highest BCUT2D eigenvalue weighted by molar-refractivity contribution is 7.90. The van der Waals surface area contributed by atoms with E-state index in [2.05, 4.69) is 5.10 Å². The maximum absolute atomic E-state index is 11.8. The zero-order chi connectivity index (χ0) is 12.8. The van der Waals surface area contributed by atoms with E-state index in [1.54, 1.807) is 0 Å². The van der Waals surface area contributed by atoms with Crippen molar-refractivity contribution in [1.82, 2.24) is 9.78 Å². The first kappa shape index (κ1) is 12.2. The van der Waals surface area contributed by atoms with Crippen LogP contribution in [0.5, 0.6) is 0 Å². The van der Waals surface area contributed by atoms with E-state index in [9.17, 15) is 8.42 Å². The molecule has 0 spiro atoms. The Labute approximate surface area is 107 Å². The van der Waals surface area contributed by atoms with E-state index in [-0.39, 0.29) is 11.5 Å². The largest absolute Gasteiger partial charge is 0.325 e. The number of nitrogens with zero attached hydrogens (tertiary/aromatic N) is 2. The van der Waals surface area contributed by atoms with Crippen LogP contribution < -0.4 is 5.73 Å². The van der Waals surface area contributed by atoms with E-state index in [4.69, 9.17) is 5.73 Å². The molecule has 1 aliphatic heterocycles. The van der Waals surface area contributed by atoms with Crippen molar-refractivity contribution in [2.75, 3.05) is 0 Å². The molecule has 6 heteroatoms. The Bertz CT molecular complexity index is 556. The van der Waals surface area contributed by atoms with Gasteiger partial charge in [0.25, 0.3) is 0 Å². The van der Waals surface area contributed by atoms with Gasteiger partial charge in [-0.05, 0) is 12.8 Å². The molecule has 0 atom stereocenters. The summed E-state index contributed by atoms with van der Waals surface area (Å²) in [6.45, 7) is 0.331. The fraction of sp³-hybridized carbons (Fsp3) is 0.750. The molecule has 0 bridgehead atoms. The molecule has 0 amide bonds. The van der Waals surface area contributed by atoms with Gasteiger partial charge in [-0.1, -0.05) is 19.3 Å². The number of hydrogen-bond acceptors (Lipinski definition) is 4. The zero-order valence-electron chi connectivity index (χ0n) is 10.4. The molecule has 2 N–H and O–H groups in total. The first-order valence-electron chi connectivity index (χ1n) is 6.60. The smallest absolute Gasteiger partial charge is 0.160 e. The molecular formula is C12H19N3O2S. The minimum atomic E-state index is -2.97. The predicted molar refractivity (Wildman–Crippen MR) is 68.6 cm³/mol. The van der Waals surface area contributed by atoms with Gasteiger partial charge in [0, 0.05) is 12.1 Å². The lowest BCUT2D eigenvalue weighted by Gasteiger charge is -2.23. The van der Waals surface area contributed by atoms with Crippen molar-refractivity contribution in [2.24, 2.45) is 5.73 Å². The van der Waals surface area contributed by atoms with E-state index in [0.717, 1.165) is 29.8 Å². The van der Waals surface area contributed by atoms with E-state index >= 15 is 0 Å². The number of fused-ring (bicyclic) bond motifs is 1. The fourth-order valence-corrected chi connectivity index (χ4v) is 4.74. The van der Waals surface area contributed by atoms with Gasteiger partial charge in [0.1, 0.15) is 0 Å². The fourth-order valence-electron chi connectivity index (χ4n) is 3.15. The summed E-state index contributed by atoms with van der Waals surface area (Å²) in [4.78, 5) is 0. The minimum absolute atomic E-state index is 0.127. The van der Waals surface area contributed by atoms with Crippen LogP contribution in [0.4, 0.5) is 0 Å². The van der Waals surface area contributed by atoms with Gasteiger partial charge in [-0.15, -0.1) is 0 Å². The van der Waals surface area contributed by atoms with Crippen molar-refractivity contribution in [3.05, 3.63) is 17.0 Å². The molecule has 1 aromatic rings. The molecule has 3 rings (SSSR count). The second-order valence-electron chi connectivity index (χ2n) is 5.34. The third-order valence-electron chi connectivity index (χ3n) is 4.04. The molecular weight excluding hydrogens is 250 g/mol. The van der Waals surface area contributed by atoms with Crippen LogP contribution in [0.25, 0.3) is 0 Å². The summed E-state index contributed by atoms with van der Waals surface area (Å²) in [5, 5.41) is 4.57. The highest BCUT2D eigenvalue weighted by Crippen LogP contribution is 2.34. The second-order valence-corrected chi connectivity index (χ2v) is 7.41. The van der Waals surface area contributed by atoms with Crippen molar-refractivity contribution in [2.45, 2.75) is 56.2 Å². The molecule has 18 heavy (non-hydrogen) atoms. The van der Waals surface area contributed by atoms with Crippen molar-refractivity contribution >= 4 is 9.84 Å². The summed E-state index contributed by atoms with van der Waals surface area (Å²) >= 11 is 0. The molecule has 100 valence electrons. The lowest BCUT2D eigenvalue weighted by atomic mass is 9.95. The topological polar surface area (TPSA) is 78.0 Å². The highest BCUT2D eigenvalue weighted by Gasteiger charge is 2.34. The van der Waals surface area contributed by atoms with Crippen molar-refractivity contribution in [1.29, 1.82) is 0 Å². The van der Waals surface area contributed by atoms with Gasteiger partial charge in [0.2, 0.25) is 0 Å². The van der Waals surface area contributed by atoms with E-state index in [1.807, 2.05) is 4.68 Å². The number of rotatable bonds is 2. The minimum Gasteiger partial charge on any atom is -0.325 e. The molecule has 0 radical (unpaired) electrons. The molecule has 0 saturated heterocycles. The first-order valence-corrected chi connectivity index (χ1v) is 8.42. The molecule has 2 aliphatic rings. The summed E-state index contributed by atoms with van der Waals surface area (Å²) in [6.07, 6.45) is 5.92. The Morgan fingerprint density at radius 1 is 1.22 bits per heavy atom. The maximum Gasteiger partial charge on any atom is 0.160 e. The summed E-state index contributed by atoms with van der Waals surface area (Å²) in [7, 11) is -2.97. The van der Waals surface area contributed by atoms with Crippen LogP contribution in [0.3, 0.4) is 0 Å². The van der Waals surface area contributed by atoms with E-state index in [1.165, 1.54) is 19.3 Å². The zero-order valence-corrected chi connectivity index (χ0v) is 11.2. The van der Waals surface area contributed by atoms with Crippen molar-refractivity contribution in [3.63, 3.8) is 0 Å². The normalized spacial score (nSPS) is 23.2. The summed E-state index contributed by atoms with van der Waals surface area (Å²) in [5.41, 5.74) is 8.24. The molecule has 2 heterocycles. The summed E-state index contributed by atoms with van der Waals surface area (Å²) in [6, 6.07) is 0.376. The van der Waals surface area contributed by atoms with Crippen molar-refractivity contribution in [3.8, 4) is 0 Å². The van der Waals surface area contributed by atoms with Gasteiger partial charge in [0.05, 0.1) is 28.9 Å². The Morgan fingerprint density at radius 3 is 2.61 bits per heavy atom. The average Bonchev–Trinajstić information content (AvgIpc) is 2.83. The number of aromatic nitrogens is 2. The standard InChI is InChI=1S/C12H19N3O2S/c13-6-11-10-7-18(16,17)8-12(10)15(14-11)9-4-2-1-3-5-9/h9H,1-8,13H2. The number of sulfone groups is 1. The molecule has 1 aliphatic carbocycles. The highest BCUT2D eigenvalue weighted by atomic mass is 32.2. The van der Waals surface area contributed by atoms with Gasteiger partial charge in [0.15, 0.2) is 9.84 Å². The van der Waals surface area contributed by atoms with Crippen molar-refractivity contribution < 1.29 is 8.42 Å². The molecule has 0 unspecified atom stereocenters. The average molecular weight is 269 g/mol. The number of hydrogen-bond donors (Lipinski definition) is 1. The third-order valence-corrected chi connectivity index (χ3v) is 5.48. The van der Waals surface area contributed by atoms with Crippen LogP contribution in [0.1, 0.15) is 55.1 Å². The third kappa shape index (κ3) is 1.97. The molecule has 0 aromatic carbocycles. The van der Waals surface area contributed by atoms with Gasteiger partial charge >= 0.3 is 0 Å². The predicted octanol–water partition coefficient (Wildman–Crippen LogP) is 1.28. The van der Waals surface area contributed by atoms with Gasteiger partial charge < -0.3 is 5.73 Å². The molecule has 1 aromatic heterocycles. The Hall–Kier alpha value is -0.880. The summed E-state index contributed by atoms with van der Waals surface area (Å²) < 4.78 is 25.5. The van der Waals surface area contributed by atoms with Crippen LogP contribution in [-0.2, 0) is 27.9 Å². The Morgan fingerprint density at radius 2 is 1.94 bits per heavy atom. The van der Waals surface area contributed by atoms with Crippen LogP contribution in [0.15, 0.2) is 0 Å². The van der Waals surface area contributed by atoms with Crippen LogP contribution in [-0.4, -0.2) is 18.2 Å². The number of nitrogens with two attached hydrogens (primary N) is 1. The van der Waals surface area contributed by atoms with Gasteiger partial charge in [-0.25, -0.2) is 8.42 Å². The van der Waals surface area contributed by atoms with E-state index < -0.39 is 9.84 Å². The monoisotopic (exact) mass is 269 g/mol. The van der Waals surface area contributed by atoms with E-state index in [0.29, 0.717) is 12.6 Å². The molecule has 5 nitrogen and oxygen atoms in total. The van der Waals surface area contributed by atoms with Crippen LogP contribution in [0.2, 0.25) is 0 Å². The Kier molecular flexibility index (Phi) is 2.94. The van der Waals surface area contributed by atoms with Crippen LogP contribution >= 0.6 is 0 Å². The summed E-state index contributed by atoms with van der Waals surface area (Å²) in [5.74, 6) is 0.271.